The lowest BCUT2D eigenvalue weighted by molar-refractivity contribution is -0.117. The van der Waals surface area contributed by atoms with Gasteiger partial charge < -0.3 is 5.32 Å². The summed E-state index contributed by atoms with van der Waals surface area (Å²) in [6, 6.07) is 0. The van der Waals surface area contributed by atoms with Crippen molar-refractivity contribution < 1.29 is 4.79 Å². The van der Waals surface area contributed by atoms with Crippen LogP contribution in [0.4, 0.5) is 5.13 Å². The number of rotatable bonds is 4. The van der Waals surface area contributed by atoms with E-state index in [-0.39, 0.29) is 5.91 Å². The van der Waals surface area contributed by atoms with E-state index in [4.69, 9.17) is 0 Å². The van der Waals surface area contributed by atoms with Gasteiger partial charge in [-0.05, 0) is 43.4 Å². The number of nitrogens with zero attached hydrogens (tertiary/aromatic N) is 2. The second-order valence-corrected chi connectivity index (χ2v) is 6.60. The Labute approximate surface area is 111 Å². The van der Waals surface area contributed by atoms with Crippen LogP contribution in [0.15, 0.2) is 0 Å². The zero-order chi connectivity index (χ0) is 12.5. The van der Waals surface area contributed by atoms with Crippen molar-refractivity contribution in [2.24, 2.45) is 17.8 Å². The molecule has 1 N–H and O–H groups in total. The molecule has 5 heteroatoms. The summed E-state index contributed by atoms with van der Waals surface area (Å²) in [5, 5.41) is 12.5. The van der Waals surface area contributed by atoms with E-state index in [1.807, 2.05) is 6.92 Å². The Morgan fingerprint density at radius 1 is 1.39 bits per heavy atom. The fourth-order valence-corrected chi connectivity index (χ4v) is 4.18. The summed E-state index contributed by atoms with van der Waals surface area (Å²) in [7, 11) is 0. The maximum atomic E-state index is 12.0. The number of nitrogens with one attached hydrogen (secondary N) is 1. The lowest BCUT2D eigenvalue weighted by atomic mass is 9.86. The average molecular weight is 265 g/mol. The van der Waals surface area contributed by atoms with E-state index in [1.54, 1.807) is 0 Å². The fraction of sp³-hybridized carbons (Fsp3) is 0.769. The van der Waals surface area contributed by atoms with Crippen LogP contribution in [-0.4, -0.2) is 16.1 Å². The molecule has 98 valence electrons. The molecule has 2 bridgehead atoms. The van der Waals surface area contributed by atoms with Crippen molar-refractivity contribution in [2.75, 3.05) is 5.32 Å². The molecule has 0 radical (unpaired) electrons. The third kappa shape index (κ3) is 2.41. The Morgan fingerprint density at radius 2 is 2.28 bits per heavy atom. The summed E-state index contributed by atoms with van der Waals surface area (Å²) in [4.78, 5) is 12.0. The molecular formula is C13H19N3OS. The van der Waals surface area contributed by atoms with Crippen LogP contribution < -0.4 is 5.32 Å². The highest BCUT2D eigenvalue weighted by molar-refractivity contribution is 7.15. The minimum Gasteiger partial charge on any atom is -0.301 e. The predicted molar refractivity (Wildman–Crippen MR) is 71.5 cm³/mol. The second kappa shape index (κ2) is 4.96. The van der Waals surface area contributed by atoms with E-state index < -0.39 is 0 Å². The van der Waals surface area contributed by atoms with Crippen LogP contribution in [0.25, 0.3) is 0 Å². The molecular weight excluding hydrogens is 246 g/mol. The number of amides is 1. The van der Waals surface area contributed by atoms with Crippen LogP contribution >= 0.6 is 11.3 Å². The van der Waals surface area contributed by atoms with Crippen LogP contribution in [0.2, 0.25) is 0 Å². The Bertz CT molecular complexity index is 445. The average Bonchev–Trinajstić information content (AvgIpc) is 3.04. The first-order valence-corrected chi connectivity index (χ1v) is 7.68. The standard InChI is InChI=1S/C13H19N3OS/c1-2-12-15-16-13(18-12)14-11(17)7-10-6-8-3-4-9(10)5-8/h8-10H,2-7H2,1H3,(H,14,16,17)/t8-,9-,10+/m1/s1. The molecule has 2 aliphatic rings. The number of carbonyl (C=O) groups excluding carboxylic acids is 1. The Hall–Kier alpha value is -0.970. The van der Waals surface area contributed by atoms with E-state index in [9.17, 15) is 4.79 Å². The van der Waals surface area contributed by atoms with Crippen molar-refractivity contribution in [3.63, 3.8) is 0 Å². The maximum Gasteiger partial charge on any atom is 0.226 e. The summed E-state index contributed by atoms with van der Waals surface area (Å²) >= 11 is 1.48. The first-order chi connectivity index (χ1) is 8.74. The molecule has 0 saturated heterocycles. The lowest BCUT2D eigenvalue weighted by Gasteiger charge is -2.20. The quantitative estimate of drug-likeness (QED) is 0.910. The smallest absolute Gasteiger partial charge is 0.226 e. The number of aryl methyl sites for hydroxylation is 1. The molecule has 4 nitrogen and oxygen atoms in total. The SMILES string of the molecule is CCc1nnc(NC(=O)C[C@@H]2C[C@@H]3CC[C@@H]2C3)s1. The highest BCUT2D eigenvalue weighted by atomic mass is 32.1. The number of anilines is 1. The number of fused-ring (bicyclic) bond motifs is 2. The van der Waals surface area contributed by atoms with E-state index in [2.05, 4.69) is 15.5 Å². The van der Waals surface area contributed by atoms with Gasteiger partial charge in [-0.15, -0.1) is 10.2 Å². The zero-order valence-corrected chi connectivity index (χ0v) is 11.5. The molecule has 0 unspecified atom stereocenters. The topological polar surface area (TPSA) is 54.9 Å². The predicted octanol–water partition coefficient (Wildman–Crippen LogP) is 2.87. The summed E-state index contributed by atoms with van der Waals surface area (Å²) < 4.78 is 0. The molecule has 0 aromatic carbocycles. The van der Waals surface area contributed by atoms with Crippen molar-refractivity contribution in [2.45, 2.75) is 45.4 Å². The third-order valence-corrected chi connectivity index (χ3v) is 5.33. The molecule has 2 saturated carbocycles. The summed E-state index contributed by atoms with van der Waals surface area (Å²) in [5.74, 6) is 2.44. The maximum absolute atomic E-state index is 12.0. The van der Waals surface area contributed by atoms with Crippen molar-refractivity contribution in [3.05, 3.63) is 5.01 Å². The monoisotopic (exact) mass is 265 g/mol. The van der Waals surface area contributed by atoms with Crippen molar-refractivity contribution in [1.82, 2.24) is 10.2 Å². The van der Waals surface area contributed by atoms with Gasteiger partial charge in [0.15, 0.2) is 0 Å². The molecule has 18 heavy (non-hydrogen) atoms. The van der Waals surface area contributed by atoms with Crippen LogP contribution in [-0.2, 0) is 11.2 Å². The Kier molecular flexibility index (Phi) is 3.33. The van der Waals surface area contributed by atoms with Gasteiger partial charge in [-0.25, -0.2) is 0 Å². The van der Waals surface area contributed by atoms with E-state index in [0.29, 0.717) is 17.5 Å². The Morgan fingerprint density at radius 3 is 2.89 bits per heavy atom. The van der Waals surface area contributed by atoms with Crippen molar-refractivity contribution >= 4 is 22.4 Å². The number of carbonyl (C=O) groups is 1. The first kappa shape index (κ1) is 12.1. The molecule has 1 amide bonds. The van der Waals surface area contributed by atoms with E-state index >= 15 is 0 Å². The first-order valence-electron chi connectivity index (χ1n) is 6.86. The van der Waals surface area contributed by atoms with Crippen LogP contribution in [0, 0.1) is 17.8 Å². The molecule has 1 aromatic heterocycles. The molecule has 0 spiro atoms. The van der Waals surface area contributed by atoms with Gasteiger partial charge in [-0.3, -0.25) is 4.79 Å². The zero-order valence-electron chi connectivity index (χ0n) is 10.7. The van der Waals surface area contributed by atoms with Crippen molar-refractivity contribution in [3.8, 4) is 0 Å². The second-order valence-electron chi connectivity index (χ2n) is 5.54. The summed E-state index contributed by atoms with van der Waals surface area (Å²) in [5.41, 5.74) is 0. The van der Waals surface area contributed by atoms with Gasteiger partial charge in [0.2, 0.25) is 11.0 Å². The van der Waals surface area contributed by atoms with Gasteiger partial charge in [0.1, 0.15) is 5.01 Å². The minimum absolute atomic E-state index is 0.117. The van der Waals surface area contributed by atoms with Crippen LogP contribution in [0.3, 0.4) is 0 Å². The minimum atomic E-state index is 0.117. The molecule has 3 atom stereocenters. The van der Waals surface area contributed by atoms with Gasteiger partial charge in [0.25, 0.3) is 0 Å². The number of aromatic nitrogens is 2. The fourth-order valence-electron chi connectivity index (χ4n) is 3.48. The molecule has 0 aliphatic heterocycles. The lowest BCUT2D eigenvalue weighted by Crippen LogP contribution is -2.20. The number of hydrogen-bond acceptors (Lipinski definition) is 4. The van der Waals surface area contributed by atoms with Gasteiger partial charge >= 0.3 is 0 Å². The normalized spacial score (nSPS) is 29.7. The number of hydrogen-bond donors (Lipinski definition) is 1. The van der Waals surface area contributed by atoms with Gasteiger partial charge in [0, 0.05) is 6.42 Å². The van der Waals surface area contributed by atoms with Crippen molar-refractivity contribution in [1.29, 1.82) is 0 Å². The molecule has 1 heterocycles. The highest BCUT2D eigenvalue weighted by Crippen LogP contribution is 2.49. The van der Waals surface area contributed by atoms with Gasteiger partial charge in [-0.2, -0.15) is 0 Å². The molecule has 1 aromatic rings. The van der Waals surface area contributed by atoms with Gasteiger partial charge in [0.05, 0.1) is 0 Å². The third-order valence-electron chi connectivity index (χ3n) is 4.35. The van der Waals surface area contributed by atoms with Gasteiger partial charge in [-0.1, -0.05) is 24.7 Å². The molecule has 3 rings (SSSR count). The van der Waals surface area contributed by atoms with E-state index in [0.717, 1.165) is 23.3 Å². The molecule has 2 fully saturated rings. The largest absolute Gasteiger partial charge is 0.301 e. The summed E-state index contributed by atoms with van der Waals surface area (Å²) in [6.07, 6.45) is 6.88. The Balaban J connectivity index is 1.52. The summed E-state index contributed by atoms with van der Waals surface area (Å²) in [6.45, 7) is 2.04. The van der Waals surface area contributed by atoms with Crippen LogP contribution in [0.1, 0.15) is 44.0 Å². The highest BCUT2D eigenvalue weighted by Gasteiger charge is 2.40. The van der Waals surface area contributed by atoms with E-state index in [1.165, 1.54) is 37.0 Å². The molecule has 2 aliphatic carbocycles. The van der Waals surface area contributed by atoms with Crippen LogP contribution in [0.5, 0.6) is 0 Å².